The molecule has 1 atom stereocenters. The fourth-order valence-corrected chi connectivity index (χ4v) is 2.42. The monoisotopic (exact) mass is 328 g/mol. The third kappa shape index (κ3) is 4.85. The van der Waals surface area contributed by atoms with Crippen molar-refractivity contribution in [1.82, 2.24) is 10.2 Å². The average molecular weight is 329 g/mol. The van der Waals surface area contributed by atoms with E-state index in [2.05, 4.69) is 10.2 Å². The van der Waals surface area contributed by atoms with Gasteiger partial charge >= 0.3 is 6.09 Å². The maximum Gasteiger partial charge on any atom is 0.408 e. The molecule has 2 rings (SSSR count). The number of ether oxygens (including phenoxy) is 1. The normalized spacial score (nSPS) is 16.8. The summed E-state index contributed by atoms with van der Waals surface area (Å²) in [6.45, 7) is 8.09. The molecule has 1 amide bonds. The topological polar surface area (TPSA) is 41.6 Å². The minimum Gasteiger partial charge on any atom is -0.444 e. The number of alkyl carbamates (subject to hydrolysis) is 1. The predicted octanol–water partition coefficient (Wildman–Crippen LogP) is 3.75. The van der Waals surface area contributed by atoms with Crippen molar-refractivity contribution in [2.75, 3.05) is 19.6 Å². The standard InChI is InChI=1S/C16H22ClFN2O2/c1-16(2,3)22-15(21)19-14(10-20-7-4-8-20)11-5-6-13(18)12(17)9-11/h5-6,9,14H,4,7-8,10H2,1-3H3,(H,19,21)/t14-/m1/s1. The lowest BCUT2D eigenvalue weighted by Crippen LogP contribution is -2.45. The van der Waals surface area contributed by atoms with Crippen LogP contribution in [0.15, 0.2) is 18.2 Å². The first-order chi connectivity index (χ1) is 10.2. The van der Waals surface area contributed by atoms with Crippen molar-refractivity contribution in [3.8, 4) is 0 Å². The number of nitrogens with zero attached hydrogens (tertiary/aromatic N) is 1. The summed E-state index contributed by atoms with van der Waals surface area (Å²) in [7, 11) is 0. The Balaban J connectivity index is 2.11. The Kier molecular flexibility index (Phi) is 5.29. The van der Waals surface area contributed by atoms with Crippen LogP contribution >= 0.6 is 11.6 Å². The van der Waals surface area contributed by atoms with Crippen LogP contribution in [0.5, 0.6) is 0 Å². The molecule has 0 unspecified atom stereocenters. The van der Waals surface area contributed by atoms with Crippen LogP contribution < -0.4 is 5.32 Å². The first-order valence-electron chi connectivity index (χ1n) is 7.41. The van der Waals surface area contributed by atoms with Crippen molar-refractivity contribution in [1.29, 1.82) is 0 Å². The van der Waals surface area contributed by atoms with E-state index in [0.717, 1.165) is 25.1 Å². The third-order valence-electron chi connectivity index (χ3n) is 3.43. The quantitative estimate of drug-likeness (QED) is 0.915. The van der Waals surface area contributed by atoms with E-state index in [-0.39, 0.29) is 11.1 Å². The Morgan fingerprint density at radius 2 is 2.14 bits per heavy atom. The molecule has 0 saturated carbocycles. The molecular formula is C16H22ClFN2O2. The number of likely N-dealkylation sites (tertiary alicyclic amines) is 1. The largest absolute Gasteiger partial charge is 0.444 e. The molecule has 0 aromatic heterocycles. The summed E-state index contributed by atoms with van der Waals surface area (Å²) in [5.41, 5.74) is 0.204. The fraction of sp³-hybridized carbons (Fsp3) is 0.562. The van der Waals surface area contributed by atoms with Crippen LogP contribution in [0.3, 0.4) is 0 Å². The lowest BCUT2D eigenvalue weighted by molar-refractivity contribution is 0.0479. The Morgan fingerprint density at radius 3 is 2.64 bits per heavy atom. The molecule has 1 aliphatic heterocycles. The fourth-order valence-electron chi connectivity index (χ4n) is 2.24. The van der Waals surface area contributed by atoms with E-state index in [1.807, 2.05) is 20.8 Å². The lowest BCUT2D eigenvalue weighted by atomic mass is 10.0. The zero-order chi connectivity index (χ0) is 16.3. The molecule has 0 aliphatic carbocycles. The summed E-state index contributed by atoms with van der Waals surface area (Å²) in [5.74, 6) is -0.467. The molecule has 4 nitrogen and oxygen atoms in total. The molecule has 0 bridgehead atoms. The van der Waals surface area contributed by atoms with Gasteiger partial charge in [0.15, 0.2) is 0 Å². The maximum absolute atomic E-state index is 13.3. The molecule has 0 spiro atoms. The first-order valence-corrected chi connectivity index (χ1v) is 7.79. The number of carbonyl (C=O) groups excluding carboxylic acids is 1. The molecule has 22 heavy (non-hydrogen) atoms. The SMILES string of the molecule is CC(C)(C)OC(=O)N[C@H](CN1CCC1)c1ccc(F)c(Cl)c1. The maximum atomic E-state index is 13.3. The number of hydrogen-bond acceptors (Lipinski definition) is 3. The van der Waals surface area contributed by atoms with Gasteiger partial charge in [0.2, 0.25) is 0 Å². The summed E-state index contributed by atoms with van der Waals surface area (Å²) >= 11 is 5.85. The molecule has 122 valence electrons. The highest BCUT2D eigenvalue weighted by atomic mass is 35.5. The number of nitrogens with one attached hydrogen (secondary N) is 1. The molecule has 1 aromatic rings. The molecule has 0 radical (unpaired) electrons. The molecular weight excluding hydrogens is 307 g/mol. The van der Waals surface area contributed by atoms with Gasteiger partial charge in [0.1, 0.15) is 11.4 Å². The van der Waals surface area contributed by atoms with Gasteiger partial charge in [0.05, 0.1) is 11.1 Å². The number of benzene rings is 1. The van der Waals surface area contributed by atoms with E-state index in [1.54, 1.807) is 12.1 Å². The second-order valence-corrected chi connectivity index (χ2v) is 6.93. The van der Waals surface area contributed by atoms with Gasteiger partial charge in [-0.05, 0) is 58.0 Å². The van der Waals surface area contributed by atoms with Crippen LogP contribution in [-0.4, -0.2) is 36.2 Å². The third-order valence-corrected chi connectivity index (χ3v) is 3.72. The summed E-state index contributed by atoms with van der Waals surface area (Å²) in [6, 6.07) is 4.23. The second-order valence-electron chi connectivity index (χ2n) is 6.53. The van der Waals surface area contributed by atoms with Crippen LogP contribution in [0, 0.1) is 5.82 Å². The first kappa shape index (κ1) is 17.0. The Morgan fingerprint density at radius 1 is 1.45 bits per heavy atom. The Bertz CT molecular complexity index is 541. The molecule has 1 fully saturated rings. The number of halogens is 2. The van der Waals surface area contributed by atoms with Crippen LogP contribution in [0.4, 0.5) is 9.18 Å². The zero-order valence-electron chi connectivity index (χ0n) is 13.2. The predicted molar refractivity (Wildman–Crippen MR) is 84.6 cm³/mol. The lowest BCUT2D eigenvalue weighted by Gasteiger charge is -2.34. The van der Waals surface area contributed by atoms with Crippen LogP contribution in [0.25, 0.3) is 0 Å². The van der Waals surface area contributed by atoms with Gasteiger partial charge in [-0.1, -0.05) is 17.7 Å². The molecule has 1 N–H and O–H groups in total. The van der Waals surface area contributed by atoms with E-state index in [1.165, 1.54) is 6.07 Å². The minimum atomic E-state index is -0.564. The Hall–Kier alpha value is -1.33. The van der Waals surface area contributed by atoms with Crippen molar-refractivity contribution < 1.29 is 13.9 Å². The molecule has 6 heteroatoms. The van der Waals surface area contributed by atoms with Gasteiger partial charge in [-0.3, -0.25) is 0 Å². The highest BCUT2D eigenvalue weighted by Crippen LogP contribution is 2.23. The second kappa shape index (κ2) is 6.84. The van der Waals surface area contributed by atoms with Crippen molar-refractivity contribution in [2.24, 2.45) is 0 Å². The van der Waals surface area contributed by atoms with E-state index >= 15 is 0 Å². The highest BCUT2D eigenvalue weighted by Gasteiger charge is 2.25. The number of rotatable bonds is 4. The van der Waals surface area contributed by atoms with Gasteiger partial charge < -0.3 is 15.0 Å². The smallest absolute Gasteiger partial charge is 0.408 e. The average Bonchev–Trinajstić information content (AvgIpc) is 2.33. The molecule has 1 saturated heterocycles. The highest BCUT2D eigenvalue weighted by molar-refractivity contribution is 6.30. The van der Waals surface area contributed by atoms with Crippen LogP contribution in [0.1, 0.15) is 38.8 Å². The van der Waals surface area contributed by atoms with E-state index in [9.17, 15) is 9.18 Å². The van der Waals surface area contributed by atoms with Crippen molar-refractivity contribution >= 4 is 17.7 Å². The number of carbonyl (C=O) groups is 1. The van der Waals surface area contributed by atoms with Crippen molar-refractivity contribution in [3.63, 3.8) is 0 Å². The van der Waals surface area contributed by atoms with Gasteiger partial charge in [-0.25, -0.2) is 9.18 Å². The number of amides is 1. The summed E-state index contributed by atoms with van der Waals surface area (Å²) in [5, 5.41) is 2.90. The van der Waals surface area contributed by atoms with Gasteiger partial charge in [0.25, 0.3) is 0 Å². The zero-order valence-corrected chi connectivity index (χ0v) is 13.9. The molecule has 1 aliphatic rings. The molecule has 1 aromatic carbocycles. The van der Waals surface area contributed by atoms with E-state index < -0.39 is 17.5 Å². The van der Waals surface area contributed by atoms with Crippen molar-refractivity contribution in [2.45, 2.75) is 38.8 Å². The van der Waals surface area contributed by atoms with E-state index in [4.69, 9.17) is 16.3 Å². The van der Waals surface area contributed by atoms with Crippen LogP contribution in [0.2, 0.25) is 5.02 Å². The summed E-state index contributed by atoms with van der Waals surface area (Å²) < 4.78 is 18.6. The molecule has 1 heterocycles. The summed E-state index contributed by atoms with van der Waals surface area (Å²) in [4.78, 5) is 14.2. The Labute approximate surface area is 135 Å². The van der Waals surface area contributed by atoms with Crippen molar-refractivity contribution in [3.05, 3.63) is 34.6 Å². The van der Waals surface area contributed by atoms with Gasteiger partial charge in [-0.15, -0.1) is 0 Å². The number of hydrogen-bond donors (Lipinski definition) is 1. The van der Waals surface area contributed by atoms with Crippen LogP contribution in [-0.2, 0) is 4.74 Å². The van der Waals surface area contributed by atoms with E-state index in [0.29, 0.717) is 6.54 Å². The minimum absolute atomic E-state index is 0.0529. The van der Waals surface area contributed by atoms with Gasteiger partial charge in [0, 0.05) is 6.54 Å². The van der Waals surface area contributed by atoms with Gasteiger partial charge in [-0.2, -0.15) is 0 Å². The summed E-state index contributed by atoms with van der Waals surface area (Å²) in [6.07, 6.45) is 0.669.